The van der Waals surface area contributed by atoms with Crippen molar-refractivity contribution in [2.24, 2.45) is 4.99 Å². The summed E-state index contributed by atoms with van der Waals surface area (Å²) >= 11 is 0. The molecule has 0 amide bonds. The Labute approximate surface area is 194 Å². The molecule has 0 saturated heterocycles. The second-order valence-electron chi connectivity index (χ2n) is 7.86. The predicted octanol–water partition coefficient (Wildman–Crippen LogP) is 4.00. The van der Waals surface area contributed by atoms with E-state index in [0.29, 0.717) is 24.8 Å². The van der Waals surface area contributed by atoms with E-state index in [1.165, 1.54) is 5.56 Å². The largest absolute Gasteiger partial charge is 0.480 e. The molecule has 0 aliphatic carbocycles. The van der Waals surface area contributed by atoms with Crippen LogP contribution in [0.3, 0.4) is 0 Å². The van der Waals surface area contributed by atoms with Crippen LogP contribution in [0.5, 0.6) is 5.88 Å². The van der Waals surface area contributed by atoms with E-state index in [0.717, 1.165) is 40.0 Å². The van der Waals surface area contributed by atoms with Crippen LogP contribution in [0.1, 0.15) is 37.0 Å². The molecule has 3 aromatic rings. The molecule has 0 aromatic carbocycles. The lowest BCUT2D eigenvalue weighted by atomic mass is 10.1. The van der Waals surface area contributed by atoms with Crippen LogP contribution in [-0.4, -0.2) is 58.1 Å². The molecule has 0 saturated carbocycles. The van der Waals surface area contributed by atoms with Crippen LogP contribution in [0.4, 0.5) is 5.95 Å². The Bertz CT molecular complexity index is 1180. The Hall–Kier alpha value is -3.52. The number of fused-ring (bicyclic) bond motifs is 1. The predicted molar refractivity (Wildman–Crippen MR) is 133 cm³/mol. The maximum absolute atomic E-state index is 9.07. The highest BCUT2D eigenvalue weighted by Crippen LogP contribution is 2.22. The van der Waals surface area contributed by atoms with Crippen molar-refractivity contribution in [3.8, 4) is 5.88 Å². The fraction of sp³-hybridized carbons (Fsp3) is 0.360. The van der Waals surface area contributed by atoms with Crippen molar-refractivity contribution in [1.29, 1.82) is 0 Å². The number of pyridine rings is 1. The molecule has 8 nitrogen and oxygen atoms in total. The van der Waals surface area contributed by atoms with Crippen molar-refractivity contribution in [2.75, 3.05) is 32.2 Å². The zero-order chi connectivity index (χ0) is 23.8. The van der Waals surface area contributed by atoms with E-state index in [9.17, 15) is 0 Å². The number of aryl methyl sites for hydroxylation is 1. The van der Waals surface area contributed by atoms with Crippen molar-refractivity contribution in [2.45, 2.75) is 33.6 Å². The van der Waals surface area contributed by atoms with Gasteiger partial charge in [0, 0.05) is 49.9 Å². The number of H-pyrrole nitrogens is 1. The summed E-state index contributed by atoms with van der Waals surface area (Å²) in [5, 5.41) is 10.2. The van der Waals surface area contributed by atoms with E-state index in [2.05, 4.69) is 32.1 Å². The van der Waals surface area contributed by atoms with Gasteiger partial charge in [-0.1, -0.05) is 12.2 Å². The third kappa shape index (κ3) is 6.04. The molecule has 0 spiro atoms. The maximum atomic E-state index is 9.07. The van der Waals surface area contributed by atoms with Gasteiger partial charge in [-0.2, -0.15) is 4.98 Å². The average Bonchev–Trinajstić information content (AvgIpc) is 3.22. The number of nitrogens with one attached hydrogen (secondary N) is 1. The highest BCUT2D eigenvalue weighted by Gasteiger charge is 2.14. The number of methoxy groups -OCH3 is 1. The third-order valence-electron chi connectivity index (χ3n) is 5.20. The van der Waals surface area contributed by atoms with Gasteiger partial charge >= 0.3 is 0 Å². The van der Waals surface area contributed by atoms with E-state index in [4.69, 9.17) is 14.8 Å². The lowest BCUT2D eigenvalue weighted by molar-refractivity contribution is 0.290. The molecule has 0 aliphatic rings. The minimum atomic E-state index is 0.123. The quantitative estimate of drug-likeness (QED) is 0.455. The molecular formula is C25H32N6O2. The van der Waals surface area contributed by atoms with Crippen LogP contribution >= 0.6 is 0 Å². The normalized spacial score (nSPS) is 12.7. The fourth-order valence-corrected chi connectivity index (χ4v) is 3.45. The van der Waals surface area contributed by atoms with Crippen LogP contribution in [0.15, 0.2) is 53.6 Å². The number of hydrogen-bond donors (Lipinski definition) is 2. The first kappa shape index (κ1) is 24.1. The number of allylic oxidation sites excluding steroid dienone is 4. The summed E-state index contributed by atoms with van der Waals surface area (Å²) in [4.78, 5) is 23.4. The van der Waals surface area contributed by atoms with Crippen molar-refractivity contribution in [1.82, 2.24) is 19.9 Å². The Morgan fingerprint density at radius 1 is 1.30 bits per heavy atom. The summed E-state index contributed by atoms with van der Waals surface area (Å²) in [5.74, 6) is 0.998. The number of aliphatic hydroxyl groups is 1. The average molecular weight is 449 g/mol. The van der Waals surface area contributed by atoms with Gasteiger partial charge in [-0.15, -0.1) is 0 Å². The number of aromatic nitrogens is 4. The Morgan fingerprint density at radius 2 is 2.12 bits per heavy atom. The molecular weight excluding hydrogens is 416 g/mol. The van der Waals surface area contributed by atoms with Crippen molar-refractivity contribution < 1.29 is 9.84 Å². The molecule has 3 rings (SSSR count). The lowest BCUT2D eigenvalue weighted by Gasteiger charge is -2.17. The highest BCUT2D eigenvalue weighted by atomic mass is 16.5. The number of rotatable bonds is 10. The molecule has 33 heavy (non-hydrogen) atoms. The monoisotopic (exact) mass is 448 g/mol. The van der Waals surface area contributed by atoms with Crippen LogP contribution in [0, 0.1) is 6.92 Å². The second-order valence-corrected chi connectivity index (χ2v) is 7.86. The Kier molecular flexibility index (Phi) is 8.32. The summed E-state index contributed by atoms with van der Waals surface area (Å²) in [7, 11) is 3.48. The molecule has 0 aliphatic heterocycles. The summed E-state index contributed by atoms with van der Waals surface area (Å²) < 4.78 is 5.56. The molecule has 0 atom stereocenters. The third-order valence-corrected chi connectivity index (χ3v) is 5.20. The number of aliphatic imine (C=N–C) groups is 1. The summed E-state index contributed by atoms with van der Waals surface area (Å²) in [6.45, 7) is 6.74. The molecule has 0 radical (unpaired) electrons. The first-order valence-electron chi connectivity index (χ1n) is 11.0. The molecule has 8 heteroatoms. The van der Waals surface area contributed by atoms with Crippen LogP contribution in [0.2, 0.25) is 0 Å². The van der Waals surface area contributed by atoms with E-state index in [1.54, 1.807) is 13.3 Å². The van der Waals surface area contributed by atoms with Crippen LogP contribution in [0.25, 0.3) is 11.0 Å². The summed E-state index contributed by atoms with van der Waals surface area (Å²) in [5.41, 5.74) is 5.53. The highest BCUT2D eigenvalue weighted by molar-refractivity contribution is 6.10. The molecule has 0 bridgehead atoms. The molecule has 3 aromatic heterocycles. The van der Waals surface area contributed by atoms with Gasteiger partial charge in [0.25, 0.3) is 0 Å². The number of aliphatic hydroxyl groups excluding tert-OH is 1. The van der Waals surface area contributed by atoms with Crippen LogP contribution in [-0.2, 0) is 6.42 Å². The van der Waals surface area contributed by atoms with Gasteiger partial charge in [0.05, 0.1) is 18.4 Å². The Morgan fingerprint density at radius 3 is 2.85 bits per heavy atom. The standard InChI is InChI=1S/C25H32N6O2/c1-6-8-22(21-16-28-25(30-24(21)33-5)31(4)11-7-12-32)29-18(3)9-10-19-15-27-23-20(19)13-17(2)14-26-23/h6,8-9,13-16,32H,7,10-12H2,1-5H3,(H,26,27)/b8-6-,18-9+,29-22+. The minimum absolute atomic E-state index is 0.123. The van der Waals surface area contributed by atoms with Crippen molar-refractivity contribution >= 4 is 22.7 Å². The number of aromatic amines is 1. The van der Waals surface area contributed by atoms with Crippen molar-refractivity contribution in [3.63, 3.8) is 0 Å². The molecule has 0 unspecified atom stereocenters. The number of ether oxygens (including phenoxy) is 1. The van der Waals surface area contributed by atoms with Gasteiger partial charge in [-0.05, 0) is 56.9 Å². The van der Waals surface area contributed by atoms with Gasteiger partial charge in [0.1, 0.15) is 5.65 Å². The van der Waals surface area contributed by atoms with Gasteiger partial charge in [-0.25, -0.2) is 9.97 Å². The van der Waals surface area contributed by atoms with Gasteiger partial charge in [-0.3, -0.25) is 4.99 Å². The molecule has 3 heterocycles. The summed E-state index contributed by atoms with van der Waals surface area (Å²) in [6.07, 6.45) is 12.9. The fourth-order valence-electron chi connectivity index (χ4n) is 3.45. The molecule has 0 fully saturated rings. The maximum Gasteiger partial charge on any atom is 0.228 e. The second kappa shape index (κ2) is 11.4. The smallest absolute Gasteiger partial charge is 0.228 e. The van der Waals surface area contributed by atoms with Crippen LogP contribution < -0.4 is 9.64 Å². The van der Waals surface area contributed by atoms with E-state index in [-0.39, 0.29) is 6.61 Å². The number of nitrogens with zero attached hydrogens (tertiary/aromatic N) is 5. The zero-order valence-corrected chi connectivity index (χ0v) is 20.0. The van der Waals surface area contributed by atoms with Gasteiger partial charge in [0.15, 0.2) is 0 Å². The van der Waals surface area contributed by atoms with E-state index < -0.39 is 0 Å². The first-order chi connectivity index (χ1) is 16.0. The minimum Gasteiger partial charge on any atom is -0.480 e. The van der Waals surface area contributed by atoms with Gasteiger partial charge < -0.3 is 19.7 Å². The first-order valence-corrected chi connectivity index (χ1v) is 11.0. The number of hydrogen-bond acceptors (Lipinski definition) is 7. The Balaban J connectivity index is 1.87. The zero-order valence-electron chi connectivity index (χ0n) is 20.0. The van der Waals surface area contributed by atoms with Gasteiger partial charge in [0.2, 0.25) is 11.8 Å². The van der Waals surface area contributed by atoms with Crippen molar-refractivity contribution in [3.05, 3.63) is 65.3 Å². The van der Waals surface area contributed by atoms with E-state index >= 15 is 0 Å². The topological polar surface area (TPSA) is 99.5 Å². The summed E-state index contributed by atoms with van der Waals surface area (Å²) in [6, 6.07) is 2.15. The number of anilines is 1. The SMILES string of the molecule is C\C=C/C(=N\C(C)=C\Cc1c[nH]c2ncc(C)cc12)c1cnc(N(C)CCCO)nc1OC. The van der Waals surface area contributed by atoms with E-state index in [1.807, 2.05) is 57.3 Å². The lowest BCUT2D eigenvalue weighted by Crippen LogP contribution is -2.22. The molecule has 174 valence electrons. The molecule has 2 N–H and O–H groups in total.